The monoisotopic (exact) mass is 202 g/mol. The fraction of sp³-hybridized carbons (Fsp3) is 0.900. The normalized spacial score (nSPS) is 33.3. The molecule has 4 nitrogen and oxygen atoms in total. The van der Waals surface area contributed by atoms with Crippen molar-refractivity contribution >= 4 is 5.97 Å². The van der Waals surface area contributed by atoms with E-state index >= 15 is 0 Å². The third kappa shape index (κ3) is 2.45. The number of hydrogen-bond donors (Lipinski definition) is 1. The first-order chi connectivity index (χ1) is 6.56. The highest BCUT2D eigenvalue weighted by Gasteiger charge is 2.36. The Hall–Kier alpha value is -0.610. The minimum atomic E-state index is -0.834. The standard InChI is InChI=1S/C10H18O4/c1-6(2)8-5-4-7(9(11)12)10(13-3)14-8/h6-8,10H,4-5H2,1-3H3,(H,11,12). The molecule has 1 aliphatic heterocycles. The number of hydrogen-bond acceptors (Lipinski definition) is 3. The Kier molecular flexibility index (Phi) is 3.89. The highest BCUT2D eigenvalue weighted by atomic mass is 16.7. The zero-order chi connectivity index (χ0) is 10.7. The molecule has 1 heterocycles. The maximum atomic E-state index is 10.8. The van der Waals surface area contributed by atoms with Crippen LogP contribution in [-0.4, -0.2) is 30.6 Å². The van der Waals surface area contributed by atoms with Gasteiger partial charge in [0, 0.05) is 7.11 Å². The first kappa shape index (κ1) is 11.5. The molecule has 3 atom stereocenters. The number of rotatable bonds is 3. The fourth-order valence-corrected chi connectivity index (χ4v) is 1.77. The molecule has 1 fully saturated rings. The summed E-state index contributed by atoms with van der Waals surface area (Å²) in [5.41, 5.74) is 0. The van der Waals surface area contributed by atoms with Gasteiger partial charge in [0.15, 0.2) is 6.29 Å². The molecule has 1 aliphatic rings. The molecule has 0 aromatic rings. The molecule has 0 spiro atoms. The van der Waals surface area contributed by atoms with Crippen molar-refractivity contribution in [3.05, 3.63) is 0 Å². The van der Waals surface area contributed by atoms with E-state index in [4.69, 9.17) is 14.6 Å². The van der Waals surface area contributed by atoms with Crippen LogP contribution in [0.2, 0.25) is 0 Å². The van der Waals surface area contributed by atoms with Crippen LogP contribution in [0.1, 0.15) is 26.7 Å². The second-order valence-electron chi connectivity index (χ2n) is 4.04. The number of methoxy groups -OCH3 is 1. The van der Waals surface area contributed by atoms with Gasteiger partial charge >= 0.3 is 5.97 Å². The molecule has 1 rings (SSSR count). The van der Waals surface area contributed by atoms with Crippen LogP contribution in [0.4, 0.5) is 0 Å². The second kappa shape index (κ2) is 4.75. The zero-order valence-electron chi connectivity index (χ0n) is 8.90. The number of ether oxygens (including phenoxy) is 2. The lowest BCUT2D eigenvalue weighted by Crippen LogP contribution is -2.42. The highest BCUT2D eigenvalue weighted by molar-refractivity contribution is 5.70. The van der Waals surface area contributed by atoms with E-state index in [-0.39, 0.29) is 6.10 Å². The van der Waals surface area contributed by atoms with E-state index in [1.807, 2.05) is 0 Å². The Morgan fingerprint density at radius 3 is 2.57 bits per heavy atom. The topological polar surface area (TPSA) is 55.8 Å². The van der Waals surface area contributed by atoms with Crippen LogP contribution in [0.3, 0.4) is 0 Å². The predicted molar refractivity (Wildman–Crippen MR) is 50.9 cm³/mol. The van der Waals surface area contributed by atoms with E-state index in [9.17, 15) is 4.79 Å². The third-order valence-corrected chi connectivity index (χ3v) is 2.69. The molecule has 4 heteroatoms. The number of carboxylic acids is 1. The van der Waals surface area contributed by atoms with E-state index < -0.39 is 18.2 Å². The molecule has 0 bridgehead atoms. The molecule has 0 aromatic carbocycles. The van der Waals surface area contributed by atoms with Crippen LogP contribution >= 0.6 is 0 Å². The van der Waals surface area contributed by atoms with E-state index in [1.165, 1.54) is 7.11 Å². The van der Waals surface area contributed by atoms with Crippen molar-refractivity contribution < 1.29 is 19.4 Å². The van der Waals surface area contributed by atoms with Gasteiger partial charge in [-0.25, -0.2) is 0 Å². The average molecular weight is 202 g/mol. The summed E-state index contributed by atoms with van der Waals surface area (Å²) in [6.07, 6.45) is 0.967. The second-order valence-corrected chi connectivity index (χ2v) is 4.04. The van der Waals surface area contributed by atoms with E-state index in [2.05, 4.69) is 13.8 Å². The third-order valence-electron chi connectivity index (χ3n) is 2.69. The van der Waals surface area contributed by atoms with Crippen LogP contribution in [0.15, 0.2) is 0 Å². The van der Waals surface area contributed by atoms with Gasteiger partial charge in [0.2, 0.25) is 0 Å². The van der Waals surface area contributed by atoms with Gasteiger partial charge in [-0.15, -0.1) is 0 Å². The summed E-state index contributed by atoms with van der Waals surface area (Å²) in [5, 5.41) is 8.90. The summed E-state index contributed by atoms with van der Waals surface area (Å²) in [7, 11) is 1.49. The molecule has 0 radical (unpaired) electrons. The van der Waals surface area contributed by atoms with Crippen molar-refractivity contribution in [3.63, 3.8) is 0 Å². The Bertz CT molecular complexity index is 202. The van der Waals surface area contributed by atoms with E-state index in [1.54, 1.807) is 0 Å². The fourth-order valence-electron chi connectivity index (χ4n) is 1.77. The van der Waals surface area contributed by atoms with Crippen molar-refractivity contribution in [2.45, 2.75) is 39.1 Å². The largest absolute Gasteiger partial charge is 0.481 e. The maximum Gasteiger partial charge on any atom is 0.311 e. The van der Waals surface area contributed by atoms with Crippen LogP contribution in [0.25, 0.3) is 0 Å². The molecular formula is C10H18O4. The van der Waals surface area contributed by atoms with Crippen molar-refractivity contribution in [1.82, 2.24) is 0 Å². The maximum absolute atomic E-state index is 10.8. The van der Waals surface area contributed by atoms with Gasteiger partial charge in [0.1, 0.15) is 5.92 Å². The predicted octanol–water partition coefficient (Wildman–Crippen LogP) is 1.49. The Labute approximate surface area is 84.2 Å². The minimum Gasteiger partial charge on any atom is -0.481 e. The summed E-state index contributed by atoms with van der Waals surface area (Å²) < 4.78 is 10.6. The SMILES string of the molecule is COC1OC(C(C)C)CCC1C(=O)O. The van der Waals surface area contributed by atoms with Crippen molar-refractivity contribution in [1.29, 1.82) is 0 Å². The lowest BCUT2D eigenvalue weighted by molar-refractivity contribution is -0.222. The molecule has 0 aliphatic carbocycles. The Morgan fingerprint density at radius 2 is 2.14 bits per heavy atom. The van der Waals surface area contributed by atoms with Crippen LogP contribution < -0.4 is 0 Å². The van der Waals surface area contributed by atoms with Gasteiger partial charge in [0.25, 0.3) is 0 Å². The van der Waals surface area contributed by atoms with Gasteiger partial charge in [-0.05, 0) is 18.8 Å². The molecule has 1 N–H and O–H groups in total. The molecule has 3 unspecified atom stereocenters. The summed E-state index contributed by atoms with van der Waals surface area (Å²) in [5.74, 6) is -0.948. The zero-order valence-corrected chi connectivity index (χ0v) is 8.90. The summed E-state index contributed by atoms with van der Waals surface area (Å²) in [6.45, 7) is 4.14. The lowest BCUT2D eigenvalue weighted by Gasteiger charge is -2.35. The minimum absolute atomic E-state index is 0.121. The number of carbonyl (C=O) groups is 1. The lowest BCUT2D eigenvalue weighted by atomic mass is 9.92. The van der Waals surface area contributed by atoms with Crippen LogP contribution in [-0.2, 0) is 14.3 Å². The van der Waals surface area contributed by atoms with Gasteiger partial charge in [-0.1, -0.05) is 13.8 Å². The van der Waals surface area contributed by atoms with Crippen LogP contribution in [0.5, 0.6) is 0 Å². The average Bonchev–Trinajstić information content (AvgIpc) is 2.16. The summed E-state index contributed by atoms with van der Waals surface area (Å²) >= 11 is 0. The van der Waals surface area contributed by atoms with Crippen molar-refractivity contribution in [2.24, 2.45) is 11.8 Å². The first-order valence-electron chi connectivity index (χ1n) is 4.97. The number of carboxylic acid groups (broad SMARTS) is 1. The molecule has 1 saturated heterocycles. The van der Waals surface area contributed by atoms with Crippen molar-refractivity contribution in [2.75, 3.05) is 7.11 Å². The Balaban J connectivity index is 2.59. The molecular weight excluding hydrogens is 184 g/mol. The smallest absolute Gasteiger partial charge is 0.311 e. The highest BCUT2D eigenvalue weighted by Crippen LogP contribution is 2.29. The molecule has 14 heavy (non-hydrogen) atoms. The summed E-state index contributed by atoms with van der Waals surface area (Å²) in [4.78, 5) is 10.8. The van der Waals surface area contributed by atoms with Gasteiger partial charge in [-0.2, -0.15) is 0 Å². The number of aliphatic carboxylic acids is 1. The van der Waals surface area contributed by atoms with Crippen molar-refractivity contribution in [3.8, 4) is 0 Å². The van der Waals surface area contributed by atoms with Gasteiger partial charge in [-0.3, -0.25) is 4.79 Å². The van der Waals surface area contributed by atoms with E-state index in [0.717, 1.165) is 6.42 Å². The van der Waals surface area contributed by atoms with Crippen LogP contribution in [0, 0.1) is 11.8 Å². The molecule has 0 amide bonds. The molecule has 0 saturated carbocycles. The van der Waals surface area contributed by atoms with Gasteiger partial charge < -0.3 is 14.6 Å². The first-order valence-corrected chi connectivity index (χ1v) is 4.97. The molecule has 0 aromatic heterocycles. The molecule has 82 valence electrons. The Morgan fingerprint density at radius 1 is 1.50 bits per heavy atom. The van der Waals surface area contributed by atoms with E-state index in [0.29, 0.717) is 12.3 Å². The quantitative estimate of drug-likeness (QED) is 0.753. The van der Waals surface area contributed by atoms with Gasteiger partial charge in [0.05, 0.1) is 6.10 Å². The summed E-state index contributed by atoms with van der Waals surface area (Å²) in [6, 6.07) is 0.